The summed E-state index contributed by atoms with van der Waals surface area (Å²) in [4.78, 5) is 14.7. The third-order valence-corrected chi connectivity index (χ3v) is 6.75. The maximum atomic E-state index is 12.2. The molecule has 0 unspecified atom stereocenters. The zero-order chi connectivity index (χ0) is 18.6. The number of hydrogen-bond acceptors (Lipinski definition) is 5. The molecule has 2 aliphatic heterocycles. The molecule has 27 heavy (non-hydrogen) atoms. The Balaban J connectivity index is 1.32. The van der Waals surface area contributed by atoms with E-state index >= 15 is 0 Å². The Morgan fingerprint density at radius 3 is 2.63 bits per heavy atom. The number of fused-ring (bicyclic) bond motifs is 1. The van der Waals surface area contributed by atoms with E-state index in [0.29, 0.717) is 38.1 Å². The predicted molar refractivity (Wildman–Crippen MR) is 102 cm³/mol. The number of carbonyl (C=O) groups is 1. The summed E-state index contributed by atoms with van der Waals surface area (Å²) in [7, 11) is 0. The SMILES string of the molecule is O=C(C[C@H]1CC[C@@H]2[C@H](COC[C@@H](O)CN2CC2CCCC2)O1)NCC1CC1. The maximum Gasteiger partial charge on any atom is 0.222 e. The van der Waals surface area contributed by atoms with E-state index in [-0.39, 0.29) is 18.1 Å². The highest BCUT2D eigenvalue weighted by molar-refractivity contribution is 5.76. The van der Waals surface area contributed by atoms with Gasteiger partial charge in [-0.3, -0.25) is 9.69 Å². The van der Waals surface area contributed by atoms with Crippen molar-refractivity contribution in [2.45, 2.75) is 82.1 Å². The van der Waals surface area contributed by atoms with Crippen LogP contribution >= 0.6 is 0 Å². The highest BCUT2D eigenvalue weighted by Gasteiger charge is 2.39. The molecule has 2 heterocycles. The maximum absolute atomic E-state index is 12.2. The molecule has 0 aromatic rings. The fourth-order valence-electron chi connectivity index (χ4n) is 5.04. The number of nitrogens with zero attached hydrogens (tertiary/aromatic N) is 1. The molecule has 2 aliphatic carbocycles. The van der Waals surface area contributed by atoms with Gasteiger partial charge in [-0.2, -0.15) is 0 Å². The average molecular weight is 381 g/mol. The minimum atomic E-state index is -0.418. The van der Waals surface area contributed by atoms with Gasteiger partial charge in [0.15, 0.2) is 0 Å². The lowest BCUT2D eigenvalue weighted by molar-refractivity contribution is -0.158. The van der Waals surface area contributed by atoms with Crippen LogP contribution in [0.25, 0.3) is 0 Å². The number of rotatable bonds is 6. The van der Waals surface area contributed by atoms with Crippen molar-refractivity contribution in [2.75, 3.05) is 32.8 Å². The first kappa shape index (κ1) is 19.6. The van der Waals surface area contributed by atoms with E-state index in [0.717, 1.165) is 31.8 Å². The molecule has 0 radical (unpaired) electrons. The molecule has 0 bridgehead atoms. The van der Waals surface area contributed by atoms with Crippen LogP contribution in [-0.2, 0) is 14.3 Å². The fourth-order valence-corrected chi connectivity index (χ4v) is 5.04. The second kappa shape index (κ2) is 9.21. The zero-order valence-corrected chi connectivity index (χ0v) is 16.5. The molecule has 1 amide bonds. The van der Waals surface area contributed by atoms with Crippen molar-refractivity contribution >= 4 is 5.91 Å². The topological polar surface area (TPSA) is 71.0 Å². The Bertz CT molecular complexity index is 493. The highest BCUT2D eigenvalue weighted by atomic mass is 16.5. The van der Waals surface area contributed by atoms with Crippen molar-refractivity contribution in [3.8, 4) is 0 Å². The standard InChI is InChI=1S/C21H36N2O4/c24-17-12-23(11-16-3-1-2-4-16)19-8-7-18(27-20(19)14-26-13-17)9-21(25)22-10-15-5-6-15/h15-20,24H,1-14H2,(H,22,25)/t17-,18+,19+,20-/m0/s1. The summed E-state index contributed by atoms with van der Waals surface area (Å²) in [5, 5.41) is 13.3. The first-order valence-electron chi connectivity index (χ1n) is 11.1. The van der Waals surface area contributed by atoms with Crippen LogP contribution in [0, 0.1) is 11.8 Å². The Morgan fingerprint density at radius 1 is 1.04 bits per heavy atom. The third kappa shape index (κ3) is 5.66. The molecular formula is C21H36N2O4. The second-order valence-corrected chi connectivity index (χ2v) is 9.19. The smallest absolute Gasteiger partial charge is 0.222 e. The molecular weight excluding hydrogens is 344 g/mol. The molecule has 6 nitrogen and oxygen atoms in total. The van der Waals surface area contributed by atoms with E-state index in [2.05, 4.69) is 10.2 Å². The number of amides is 1. The van der Waals surface area contributed by atoms with Gasteiger partial charge in [-0.25, -0.2) is 0 Å². The number of hydrogen-bond donors (Lipinski definition) is 2. The molecule has 4 aliphatic rings. The molecule has 0 aromatic carbocycles. The summed E-state index contributed by atoms with van der Waals surface area (Å²) < 4.78 is 12.1. The molecule has 2 N–H and O–H groups in total. The van der Waals surface area contributed by atoms with Gasteiger partial charge in [-0.05, 0) is 50.4 Å². The second-order valence-electron chi connectivity index (χ2n) is 9.19. The highest BCUT2D eigenvalue weighted by Crippen LogP contribution is 2.32. The number of β-amino-alcohol motifs (C(OH)–C–C–N with tert-alkyl or cyclic N) is 1. The lowest BCUT2D eigenvalue weighted by atomic mass is 9.93. The average Bonchev–Trinajstić information content (AvgIpc) is 3.33. The monoisotopic (exact) mass is 380 g/mol. The van der Waals surface area contributed by atoms with Crippen LogP contribution in [0.1, 0.15) is 57.8 Å². The van der Waals surface area contributed by atoms with Gasteiger partial charge in [-0.1, -0.05) is 12.8 Å². The first-order chi connectivity index (χ1) is 13.2. The van der Waals surface area contributed by atoms with E-state index in [1.54, 1.807) is 0 Å². The van der Waals surface area contributed by atoms with Crippen molar-refractivity contribution < 1.29 is 19.4 Å². The molecule has 0 spiro atoms. The van der Waals surface area contributed by atoms with E-state index < -0.39 is 6.10 Å². The molecule has 4 fully saturated rings. The summed E-state index contributed by atoms with van der Waals surface area (Å²) in [5.41, 5.74) is 0. The molecule has 154 valence electrons. The third-order valence-electron chi connectivity index (χ3n) is 6.75. The van der Waals surface area contributed by atoms with Gasteiger partial charge < -0.3 is 19.9 Å². The molecule has 2 saturated carbocycles. The summed E-state index contributed by atoms with van der Waals surface area (Å²) in [6.07, 6.45) is 9.79. The van der Waals surface area contributed by atoms with E-state index in [9.17, 15) is 9.90 Å². The van der Waals surface area contributed by atoms with Gasteiger partial charge in [0.05, 0.1) is 37.9 Å². The van der Waals surface area contributed by atoms with Crippen LogP contribution in [-0.4, -0.2) is 73.1 Å². The summed E-state index contributed by atoms with van der Waals surface area (Å²) in [6, 6.07) is 0.298. The van der Waals surface area contributed by atoms with Gasteiger partial charge in [0.1, 0.15) is 0 Å². The Hall–Kier alpha value is -0.690. The van der Waals surface area contributed by atoms with Gasteiger partial charge in [0.2, 0.25) is 5.91 Å². The molecule has 4 rings (SSSR count). The van der Waals surface area contributed by atoms with Crippen LogP contribution in [0.2, 0.25) is 0 Å². The van der Waals surface area contributed by atoms with Crippen LogP contribution in [0.15, 0.2) is 0 Å². The molecule has 4 atom stereocenters. The number of aliphatic hydroxyl groups excluding tert-OH is 1. The number of carbonyl (C=O) groups excluding carboxylic acids is 1. The number of ether oxygens (including phenoxy) is 2. The molecule has 0 aromatic heterocycles. The summed E-state index contributed by atoms with van der Waals surface area (Å²) in [6.45, 7) is 3.46. The lowest BCUT2D eigenvalue weighted by Gasteiger charge is -2.45. The van der Waals surface area contributed by atoms with Gasteiger partial charge in [0, 0.05) is 25.7 Å². The van der Waals surface area contributed by atoms with Crippen LogP contribution in [0.5, 0.6) is 0 Å². The molecule has 6 heteroatoms. The number of aliphatic hydroxyl groups is 1. The van der Waals surface area contributed by atoms with Crippen molar-refractivity contribution in [3.05, 3.63) is 0 Å². The normalized spacial score (nSPS) is 36.0. The molecule has 2 saturated heterocycles. The van der Waals surface area contributed by atoms with E-state index in [4.69, 9.17) is 9.47 Å². The quantitative estimate of drug-likeness (QED) is 0.734. The number of nitrogens with one attached hydrogen (secondary N) is 1. The van der Waals surface area contributed by atoms with Crippen LogP contribution < -0.4 is 5.32 Å². The minimum Gasteiger partial charge on any atom is -0.389 e. The first-order valence-corrected chi connectivity index (χ1v) is 11.1. The lowest BCUT2D eigenvalue weighted by Crippen LogP contribution is -2.56. The van der Waals surface area contributed by atoms with Crippen molar-refractivity contribution in [3.63, 3.8) is 0 Å². The largest absolute Gasteiger partial charge is 0.389 e. The zero-order valence-electron chi connectivity index (χ0n) is 16.5. The Morgan fingerprint density at radius 2 is 1.85 bits per heavy atom. The Kier molecular flexibility index (Phi) is 6.69. The van der Waals surface area contributed by atoms with Crippen molar-refractivity contribution in [1.29, 1.82) is 0 Å². The predicted octanol–water partition coefficient (Wildman–Crippen LogP) is 1.70. The summed E-state index contributed by atoms with van der Waals surface area (Å²) >= 11 is 0. The Labute approximate surface area is 163 Å². The van der Waals surface area contributed by atoms with Crippen molar-refractivity contribution in [2.24, 2.45) is 11.8 Å². The fraction of sp³-hybridized carbons (Fsp3) is 0.952. The van der Waals surface area contributed by atoms with E-state index in [1.165, 1.54) is 38.5 Å². The van der Waals surface area contributed by atoms with E-state index in [1.807, 2.05) is 0 Å². The van der Waals surface area contributed by atoms with Gasteiger partial charge in [-0.15, -0.1) is 0 Å². The van der Waals surface area contributed by atoms with Crippen LogP contribution in [0.4, 0.5) is 0 Å². The van der Waals surface area contributed by atoms with Gasteiger partial charge in [0.25, 0.3) is 0 Å². The van der Waals surface area contributed by atoms with Crippen molar-refractivity contribution in [1.82, 2.24) is 10.2 Å². The van der Waals surface area contributed by atoms with Crippen LogP contribution in [0.3, 0.4) is 0 Å². The van der Waals surface area contributed by atoms with Gasteiger partial charge >= 0.3 is 0 Å². The minimum absolute atomic E-state index is 0.00765. The summed E-state index contributed by atoms with van der Waals surface area (Å²) in [5.74, 6) is 1.58.